The normalized spacial score (nSPS) is 12.2. The van der Waals surface area contributed by atoms with Crippen molar-refractivity contribution in [1.82, 2.24) is 19.9 Å². The van der Waals surface area contributed by atoms with Crippen molar-refractivity contribution in [2.75, 3.05) is 6.54 Å². The molecule has 0 fully saturated rings. The first-order valence-electron chi connectivity index (χ1n) is 8.63. The predicted molar refractivity (Wildman–Crippen MR) is 94.4 cm³/mol. The number of aromatic nitrogens is 3. The van der Waals surface area contributed by atoms with Crippen molar-refractivity contribution in [1.29, 1.82) is 0 Å². The highest BCUT2D eigenvalue weighted by Crippen LogP contribution is 2.17. The van der Waals surface area contributed by atoms with Gasteiger partial charge in [-0.2, -0.15) is 5.10 Å². The van der Waals surface area contributed by atoms with E-state index >= 15 is 0 Å². The van der Waals surface area contributed by atoms with Gasteiger partial charge in [0.15, 0.2) is 11.8 Å². The van der Waals surface area contributed by atoms with Gasteiger partial charge in [-0.3, -0.25) is 9.59 Å². The van der Waals surface area contributed by atoms with E-state index in [1.807, 2.05) is 33.8 Å². The summed E-state index contributed by atoms with van der Waals surface area (Å²) in [5.74, 6) is -0.660. The van der Waals surface area contributed by atoms with E-state index in [9.17, 15) is 9.59 Å². The number of carbonyl (C=O) groups is 2. The van der Waals surface area contributed by atoms with Crippen LogP contribution in [0.4, 0.5) is 0 Å². The van der Waals surface area contributed by atoms with Crippen LogP contribution in [0.2, 0.25) is 0 Å². The lowest BCUT2D eigenvalue weighted by molar-refractivity contribution is -0.154. The Hall–Kier alpha value is -2.44. The molecule has 2 aromatic heterocycles. The van der Waals surface area contributed by atoms with Crippen molar-refractivity contribution in [3.63, 3.8) is 0 Å². The number of fused-ring (bicyclic) bond motifs is 1. The average Bonchev–Trinajstić information content (AvgIpc) is 2.92. The van der Waals surface area contributed by atoms with Gasteiger partial charge in [-0.15, -0.1) is 0 Å². The molecular weight excluding hydrogens is 320 g/mol. The van der Waals surface area contributed by atoms with Crippen LogP contribution < -0.4 is 5.32 Å². The number of amides is 1. The first-order valence-corrected chi connectivity index (χ1v) is 8.63. The molecule has 0 aliphatic heterocycles. The maximum Gasteiger partial charge on any atom is 0.306 e. The van der Waals surface area contributed by atoms with Crippen LogP contribution in [0.5, 0.6) is 0 Å². The number of ether oxygens (including phenoxy) is 1. The Morgan fingerprint density at radius 1 is 1.32 bits per heavy atom. The zero-order valence-corrected chi connectivity index (χ0v) is 15.5. The molecule has 136 valence electrons. The Morgan fingerprint density at radius 3 is 2.72 bits per heavy atom. The largest absolute Gasteiger partial charge is 0.453 e. The standard InChI is InChI=1S/C18H26N4O3/c1-6-9-19-18(24)14(5)25-17(23)8-7-15-12(3)20-16-10-11(2)21-22(16)13(15)4/h10,14H,6-9H2,1-5H3,(H,19,24). The van der Waals surface area contributed by atoms with Crippen LogP contribution in [-0.4, -0.2) is 39.1 Å². The molecule has 2 aromatic rings. The minimum Gasteiger partial charge on any atom is -0.453 e. The molecule has 25 heavy (non-hydrogen) atoms. The Balaban J connectivity index is 2.00. The first-order chi connectivity index (χ1) is 11.8. The summed E-state index contributed by atoms with van der Waals surface area (Å²) in [6.07, 6.45) is 0.755. The molecule has 0 aliphatic rings. The van der Waals surface area contributed by atoms with Crippen molar-refractivity contribution in [2.45, 2.75) is 60.0 Å². The molecule has 1 N–H and O–H groups in total. The van der Waals surface area contributed by atoms with Crippen LogP contribution in [0.1, 0.15) is 49.3 Å². The number of nitrogens with zero attached hydrogens (tertiary/aromatic N) is 3. The van der Waals surface area contributed by atoms with Crippen LogP contribution in [0, 0.1) is 20.8 Å². The number of hydrogen-bond acceptors (Lipinski definition) is 5. The van der Waals surface area contributed by atoms with Gasteiger partial charge >= 0.3 is 5.97 Å². The monoisotopic (exact) mass is 346 g/mol. The van der Waals surface area contributed by atoms with Gasteiger partial charge in [0.2, 0.25) is 0 Å². The smallest absolute Gasteiger partial charge is 0.306 e. The van der Waals surface area contributed by atoms with E-state index in [1.54, 1.807) is 11.4 Å². The zero-order valence-electron chi connectivity index (χ0n) is 15.5. The molecule has 0 saturated carbocycles. The summed E-state index contributed by atoms with van der Waals surface area (Å²) in [7, 11) is 0. The molecule has 1 atom stereocenters. The van der Waals surface area contributed by atoms with Gasteiger partial charge in [-0.25, -0.2) is 9.50 Å². The summed E-state index contributed by atoms with van der Waals surface area (Å²) in [5, 5.41) is 7.14. The lowest BCUT2D eigenvalue weighted by Gasteiger charge is -2.14. The lowest BCUT2D eigenvalue weighted by atomic mass is 10.1. The molecule has 1 unspecified atom stereocenters. The van der Waals surface area contributed by atoms with Gasteiger partial charge in [0, 0.05) is 30.4 Å². The van der Waals surface area contributed by atoms with E-state index < -0.39 is 12.1 Å². The Bertz CT molecular complexity index is 782. The molecule has 2 rings (SSSR count). The molecule has 7 nitrogen and oxygen atoms in total. The lowest BCUT2D eigenvalue weighted by Crippen LogP contribution is -2.36. The molecule has 0 aliphatic carbocycles. The SMILES string of the molecule is CCCNC(=O)C(C)OC(=O)CCc1c(C)nc2cc(C)nn2c1C. The van der Waals surface area contributed by atoms with Crippen LogP contribution in [0.3, 0.4) is 0 Å². The van der Waals surface area contributed by atoms with E-state index in [0.29, 0.717) is 13.0 Å². The van der Waals surface area contributed by atoms with E-state index in [-0.39, 0.29) is 12.3 Å². The van der Waals surface area contributed by atoms with Crippen molar-refractivity contribution >= 4 is 17.5 Å². The molecule has 0 aromatic carbocycles. The Labute approximate surface area is 147 Å². The minimum absolute atomic E-state index is 0.195. The fraction of sp³-hybridized carbons (Fsp3) is 0.556. The highest BCUT2D eigenvalue weighted by Gasteiger charge is 2.18. The van der Waals surface area contributed by atoms with Crippen molar-refractivity contribution in [2.24, 2.45) is 0 Å². The van der Waals surface area contributed by atoms with Crippen LogP contribution in [0.15, 0.2) is 6.07 Å². The molecule has 7 heteroatoms. The van der Waals surface area contributed by atoms with E-state index in [4.69, 9.17) is 4.74 Å². The summed E-state index contributed by atoms with van der Waals surface area (Å²) >= 11 is 0. The predicted octanol–water partition coefficient (Wildman–Crippen LogP) is 2.05. The Kier molecular flexibility index (Phi) is 6.12. The average molecular weight is 346 g/mol. The second-order valence-corrected chi connectivity index (χ2v) is 6.24. The number of hydrogen-bond donors (Lipinski definition) is 1. The van der Waals surface area contributed by atoms with E-state index in [0.717, 1.165) is 34.7 Å². The molecule has 0 saturated heterocycles. The van der Waals surface area contributed by atoms with Gasteiger partial charge in [-0.05, 0) is 46.1 Å². The van der Waals surface area contributed by atoms with Crippen LogP contribution in [-0.2, 0) is 20.7 Å². The quantitative estimate of drug-likeness (QED) is 0.776. The second kappa shape index (κ2) is 8.09. The van der Waals surface area contributed by atoms with Gasteiger partial charge < -0.3 is 10.1 Å². The fourth-order valence-corrected chi connectivity index (χ4v) is 2.73. The van der Waals surface area contributed by atoms with Crippen molar-refractivity contribution < 1.29 is 14.3 Å². The molecular formula is C18H26N4O3. The van der Waals surface area contributed by atoms with Gasteiger partial charge in [-0.1, -0.05) is 6.92 Å². The zero-order chi connectivity index (χ0) is 18.6. The van der Waals surface area contributed by atoms with Crippen molar-refractivity contribution in [3.8, 4) is 0 Å². The summed E-state index contributed by atoms with van der Waals surface area (Å²) in [5.41, 5.74) is 4.54. The molecule has 0 spiro atoms. The first kappa shape index (κ1) is 18.9. The highest BCUT2D eigenvalue weighted by atomic mass is 16.5. The van der Waals surface area contributed by atoms with Gasteiger partial charge in [0.05, 0.1) is 5.69 Å². The van der Waals surface area contributed by atoms with Gasteiger partial charge in [0.25, 0.3) is 5.91 Å². The molecule has 0 bridgehead atoms. The molecule has 1 amide bonds. The number of aryl methyl sites for hydroxylation is 3. The third-order valence-electron chi connectivity index (χ3n) is 4.09. The topological polar surface area (TPSA) is 85.6 Å². The number of rotatable bonds is 7. The number of nitrogens with one attached hydrogen (secondary N) is 1. The third kappa shape index (κ3) is 4.55. The second-order valence-electron chi connectivity index (χ2n) is 6.24. The summed E-state index contributed by atoms with van der Waals surface area (Å²) in [6, 6.07) is 1.93. The van der Waals surface area contributed by atoms with Crippen molar-refractivity contribution in [3.05, 3.63) is 28.7 Å². The van der Waals surface area contributed by atoms with E-state index in [1.165, 1.54) is 0 Å². The maximum atomic E-state index is 12.1. The fourth-order valence-electron chi connectivity index (χ4n) is 2.73. The highest BCUT2D eigenvalue weighted by molar-refractivity contribution is 5.83. The Morgan fingerprint density at radius 2 is 2.04 bits per heavy atom. The third-order valence-corrected chi connectivity index (χ3v) is 4.09. The number of carbonyl (C=O) groups excluding carboxylic acids is 2. The summed E-state index contributed by atoms with van der Waals surface area (Å²) in [6.45, 7) is 9.94. The van der Waals surface area contributed by atoms with E-state index in [2.05, 4.69) is 15.4 Å². The summed E-state index contributed by atoms with van der Waals surface area (Å²) < 4.78 is 7.00. The number of esters is 1. The van der Waals surface area contributed by atoms with Gasteiger partial charge in [0.1, 0.15) is 0 Å². The minimum atomic E-state index is -0.782. The molecule has 2 heterocycles. The summed E-state index contributed by atoms with van der Waals surface area (Å²) in [4.78, 5) is 28.4. The maximum absolute atomic E-state index is 12.1. The molecule has 0 radical (unpaired) electrons. The van der Waals surface area contributed by atoms with Crippen LogP contribution >= 0.6 is 0 Å². The van der Waals surface area contributed by atoms with Crippen LogP contribution in [0.25, 0.3) is 5.65 Å².